The molecule has 5 heteroatoms. The van der Waals surface area contributed by atoms with E-state index in [2.05, 4.69) is 31.2 Å². The van der Waals surface area contributed by atoms with Crippen LogP contribution in [0.25, 0.3) is 0 Å². The summed E-state index contributed by atoms with van der Waals surface area (Å²) in [5.74, 6) is 0. The first kappa shape index (κ1) is 14.3. The molecule has 0 spiro atoms. The average Bonchev–Trinajstić information content (AvgIpc) is 2.34. The van der Waals surface area contributed by atoms with E-state index < -0.39 is 0 Å². The zero-order chi connectivity index (χ0) is 12.7. The summed E-state index contributed by atoms with van der Waals surface area (Å²) >= 11 is 0. The van der Waals surface area contributed by atoms with Gasteiger partial charge in [-0.25, -0.2) is 4.79 Å². The lowest BCUT2D eigenvalue weighted by atomic mass is 10.3. The fourth-order valence-corrected chi connectivity index (χ4v) is 2.02. The van der Waals surface area contributed by atoms with Gasteiger partial charge in [0.25, 0.3) is 0 Å². The molecular formula is C12H26N4O. The first-order chi connectivity index (χ1) is 8.15. The lowest BCUT2D eigenvalue weighted by Crippen LogP contribution is -2.51. The molecule has 0 radical (unpaired) electrons. The molecule has 0 aliphatic carbocycles. The molecule has 1 saturated heterocycles. The van der Waals surface area contributed by atoms with Gasteiger partial charge in [-0.05, 0) is 34.0 Å². The molecule has 0 aromatic carbocycles. The lowest BCUT2D eigenvalue weighted by Gasteiger charge is -2.33. The molecule has 1 heterocycles. The van der Waals surface area contributed by atoms with Crippen molar-refractivity contribution in [3.63, 3.8) is 0 Å². The number of hydrogen-bond donors (Lipinski definition) is 1. The first-order valence-electron chi connectivity index (χ1n) is 6.54. The summed E-state index contributed by atoms with van der Waals surface area (Å²) in [6.07, 6.45) is 1.04. The summed E-state index contributed by atoms with van der Waals surface area (Å²) in [5.41, 5.74) is 0. The van der Waals surface area contributed by atoms with Gasteiger partial charge in [0.05, 0.1) is 0 Å². The van der Waals surface area contributed by atoms with Crippen LogP contribution in [0.4, 0.5) is 4.79 Å². The van der Waals surface area contributed by atoms with Crippen molar-refractivity contribution in [3.05, 3.63) is 0 Å². The number of carbonyl (C=O) groups is 1. The Bertz CT molecular complexity index is 227. The smallest absolute Gasteiger partial charge is 0.320 e. The molecule has 1 aliphatic heterocycles. The van der Waals surface area contributed by atoms with Crippen LogP contribution in [0.5, 0.6) is 0 Å². The van der Waals surface area contributed by atoms with Gasteiger partial charge >= 0.3 is 6.03 Å². The van der Waals surface area contributed by atoms with Crippen LogP contribution in [0.2, 0.25) is 0 Å². The number of hydrogen-bond acceptors (Lipinski definition) is 3. The monoisotopic (exact) mass is 242 g/mol. The minimum absolute atomic E-state index is 0.202. The Morgan fingerprint density at radius 2 is 1.88 bits per heavy atom. The van der Waals surface area contributed by atoms with Gasteiger partial charge in [0.15, 0.2) is 0 Å². The van der Waals surface area contributed by atoms with Crippen molar-refractivity contribution < 1.29 is 4.79 Å². The zero-order valence-electron chi connectivity index (χ0n) is 11.4. The number of amides is 2. The van der Waals surface area contributed by atoms with E-state index in [1.165, 1.54) is 0 Å². The third kappa shape index (κ3) is 4.91. The highest BCUT2D eigenvalue weighted by Gasteiger charge is 2.20. The van der Waals surface area contributed by atoms with Gasteiger partial charge in [-0.15, -0.1) is 0 Å². The third-order valence-electron chi connectivity index (χ3n) is 3.07. The van der Waals surface area contributed by atoms with Crippen molar-refractivity contribution in [3.8, 4) is 0 Å². The number of nitrogens with zero attached hydrogens (tertiary/aromatic N) is 3. The van der Waals surface area contributed by atoms with Crippen LogP contribution in [-0.4, -0.2) is 80.6 Å². The maximum Gasteiger partial charge on any atom is 0.320 e. The van der Waals surface area contributed by atoms with E-state index >= 15 is 0 Å². The molecule has 1 rings (SSSR count). The maximum atomic E-state index is 12.2. The number of carbonyl (C=O) groups excluding carboxylic acids is 1. The van der Waals surface area contributed by atoms with Crippen LogP contribution in [0.15, 0.2) is 0 Å². The van der Waals surface area contributed by atoms with Crippen molar-refractivity contribution in [2.45, 2.75) is 13.3 Å². The normalized spacial score (nSPS) is 16.4. The van der Waals surface area contributed by atoms with Crippen molar-refractivity contribution in [2.75, 3.05) is 59.9 Å². The maximum absolute atomic E-state index is 12.2. The van der Waals surface area contributed by atoms with Gasteiger partial charge < -0.3 is 20.0 Å². The van der Waals surface area contributed by atoms with E-state index in [1.807, 2.05) is 9.80 Å². The van der Waals surface area contributed by atoms with Gasteiger partial charge in [-0.1, -0.05) is 0 Å². The van der Waals surface area contributed by atoms with E-state index in [1.54, 1.807) is 0 Å². The topological polar surface area (TPSA) is 38.8 Å². The van der Waals surface area contributed by atoms with E-state index in [0.29, 0.717) is 0 Å². The van der Waals surface area contributed by atoms with Crippen molar-refractivity contribution >= 4 is 6.03 Å². The SMILES string of the molecule is CCN(CCCN(C)C)C(=O)N1CCNCC1. The number of nitrogens with one attached hydrogen (secondary N) is 1. The molecule has 0 saturated carbocycles. The summed E-state index contributed by atoms with van der Waals surface area (Å²) in [7, 11) is 4.13. The van der Waals surface area contributed by atoms with E-state index in [-0.39, 0.29) is 6.03 Å². The molecule has 0 unspecified atom stereocenters. The van der Waals surface area contributed by atoms with Crippen LogP contribution in [0.1, 0.15) is 13.3 Å². The van der Waals surface area contributed by atoms with Gasteiger partial charge in [-0.2, -0.15) is 0 Å². The highest BCUT2D eigenvalue weighted by molar-refractivity contribution is 5.74. The second kappa shape index (κ2) is 7.50. The molecule has 1 fully saturated rings. The first-order valence-corrected chi connectivity index (χ1v) is 6.54. The molecule has 0 aromatic heterocycles. The Labute approximate surface area is 105 Å². The number of rotatable bonds is 5. The van der Waals surface area contributed by atoms with Crippen LogP contribution in [0.3, 0.4) is 0 Å². The molecule has 0 atom stereocenters. The molecule has 5 nitrogen and oxygen atoms in total. The van der Waals surface area contributed by atoms with Crippen molar-refractivity contribution in [1.82, 2.24) is 20.0 Å². The number of piperazine rings is 1. The Balaban J connectivity index is 2.34. The Morgan fingerprint density at radius 1 is 1.24 bits per heavy atom. The van der Waals surface area contributed by atoms with Gasteiger partial charge in [0, 0.05) is 39.3 Å². The zero-order valence-corrected chi connectivity index (χ0v) is 11.4. The highest BCUT2D eigenvalue weighted by atomic mass is 16.2. The molecule has 1 N–H and O–H groups in total. The van der Waals surface area contributed by atoms with Crippen molar-refractivity contribution in [1.29, 1.82) is 0 Å². The predicted octanol–water partition coefficient (Wildman–Crippen LogP) is 0.285. The second-order valence-corrected chi connectivity index (χ2v) is 4.76. The predicted molar refractivity (Wildman–Crippen MR) is 70.3 cm³/mol. The minimum Gasteiger partial charge on any atom is -0.325 e. The lowest BCUT2D eigenvalue weighted by molar-refractivity contribution is 0.147. The molecule has 17 heavy (non-hydrogen) atoms. The number of urea groups is 1. The highest BCUT2D eigenvalue weighted by Crippen LogP contribution is 2.02. The summed E-state index contributed by atoms with van der Waals surface area (Å²) in [4.78, 5) is 18.3. The molecule has 0 bridgehead atoms. The Hall–Kier alpha value is -0.810. The fraction of sp³-hybridized carbons (Fsp3) is 0.917. The van der Waals surface area contributed by atoms with E-state index in [4.69, 9.17) is 0 Å². The Morgan fingerprint density at radius 3 is 2.41 bits per heavy atom. The van der Waals surface area contributed by atoms with Gasteiger partial charge in [0.1, 0.15) is 0 Å². The van der Waals surface area contributed by atoms with Crippen LogP contribution < -0.4 is 5.32 Å². The summed E-state index contributed by atoms with van der Waals surface area (Å²) < 4.78 is 0. The minimum atomic E-state index is 0.202. The second-order valence-electron chi connectivity index (χ2n) is 4.76. The average molecular weight is 242 g/mol. The molecular weight excluding hydrogens is 216 g/mol. The fourth-order valence-electron chi connectivity index (χ4n) is 2.02. The molecule has 1 aliphatic rings. The van der Waals surface area contributed by atoms with Gasteiger partial charge in [0.2, 0.25) is 0 Å². The van der Waals surface area contributed by atoms with Crippen molar-refractivity contribution in [2.24, 2.45) is 0 Å². The standard InChI is InChI=1S/C12H26N4O/c1-4-15(9-5-8-14(2)3)12(17)16-10-6-13-7-11-16/h13H,4-11H2,1-3H3. The van der Waals surface area contributed by atoms with Crippen LogP contribution in [-0.2, 0) is 0 Å². The molecule has 0 aromatic rings. The molecule has 100 valence electrons. The van der Waals surface area contributed by atoms with E-state index in [9.17, 15) is 4.79 Å². The summed E-state index contributed by atoms with van der Waals surface area (Å²) in [6, 6.07) is 0.202. The quantitative estimate of drug-likeness (QED) is 0.753. The van der Waals surface area contributed by atoms with Crippen LogP contribution in [0, 0.1) is 0 Å². The summed E-state index contributed by atoms with van der Waals surface area (Å²) in [6.45, 7) is 8.25. The summed E-state index contributed by atoms with van der Waals surface area (Å²) in [5, 5.41) is 3.27. The van der Waals surface area contributed by atoms with E-state index in [0.717, 1.165) is 52.2 Å². The Kier molecular flexibility index (Phi) is 6.29. The molecule has 2 amide bonds. The largest absolute Gasteiger partial charge is 0.325 e. The van der Waals surface area contributed by atoms with Gasteiger partial charge in [-0.3, -0.25) is 0 Å². The third-order valence-corrected chi connectivity index (χ3v) is 3.07. The van der Waals surface area contributed by atoms with Crippen LogP contribution >= 0.6 is 0 Å².